The summed E-state index contributed by atoms with van der Waals surface area (Å²) in [6.45, 7) is 6.38. The number of thiophene rings is 1. The molecule has 0 spiro atoms. The Kier molecular flexibility index (Phi) is 3.93. The number of carbonyl (C=O) groups is 1. The second-order valence-electron chi connectivity index (χ2n) is 5.06. The zero-order valence-corrected chi connectivity index (χ0v) is 12.7. The summed E-state index contributed by atoms with van der Waals surface area (Å²) in [6.07, 6.45) is 3.46. The molecule has 0 atom stereocenters. The van der Waals surface area contributed by atoms with Crippen LogP contribution in [0.4, 0.5) is 0 Å². The predicted octanol–water partition coefficient (Wildman–Crippen LogP) is 4.16. The van der Waals surface area contributed by atoms with Gasteiger partial charge in [0.05, 0.1) is 8.66 Å². The minimum absolute atomic E-state index is 0.193. The third-order valence-electron chi connectivity index (χ3n) is 3.90. The van der Waals surface area contributed by atoms with Gasteiger partial charge in [0.1, 0.15) is 0 Å². The van der Waals surface area contributed by atoms with Gasteiger partial charge >= 0.3 is 0 Å². The molecule has 0 aliphatic carbocycles. The van der Waals surface area contributed by atoms with Crippen molar-refractivity contribution in [2.75, 3.05) is 13.1 Å². The summed E-state index contributed by atoms with van der Waals surface area (Å²) in [5.41, 5.74) is 0.437. The van der Waals surface area contributed by atoms with E-state index >= 15 is 0 Å². The van der Waals surface area contributed by atoms with E-state index in [-0.39, 0.29) is 5.91 Å². The Morgan fingerprint density at radius 3 is 2.59 bits per heavy atom. The summed E-state index contributed by atoms with van der Waals surface area (Å²) in [5.74, 6) is 0.193. The molecule has 1 saturated heterocycles. The van der Waals surface area contributed by atoms with Crippen molar-refractivity contribution in [1.82, 2.24) is 4.90 Å². The molecule has 0 aromatic carbocycles. The number of hydrogen-bond donors (Lipinski definition) is 0. The minimum atomic E-state index is 0.193. The summed E-state index contributed by atoms with van der Waals surface area (Å²) in [4.78, 5) is 15.1. The summed E-state index contributed by atoms with van der Waals surface area (Å²) in [7, 11) is 0. The molecule has 4 heteroatoms. The first kappa shape index (κ1) is 13.1. The molecule has 1 aliphatic heterocycles. The smallest absolute Gasteiger partial charge is 0.263 e. The van der Waals surface area contributed by atoms with Crippen LogP contribution in [0.25, 0.3) is 0 Å². The highest BCUT2D eigenvalue weighted by Gasteiger charge is 2.30. The molecule has 0 N–H and O–H groups in total. The van der Waals surface area contributed by atoms with E-state index in [0.717, 1.165) is 34.6 Å². The first-order valence-electron chi connectivity index (χ1n) is 6.09. The van der Waals surface area contributed by atoms with Gasteiger partial charge in [-0.05, 0) is 46.3 Å². The molecule has 17 heavy (non-hydrogen) atoms. The number of nitrogens with zero attached hydrogens (tertiary/aromatic N) is 1. The van der Waals surface area contributed by atoms with E-state index in [1.807, 2.05) is 17.0 Å². The summed E-state index contributed by atoms with van der Waals surface area (Å²) < 4.78 is 1.02. The maximum absolute atomic E-state index is 12.2. The number of amides is 1. The van der Waals surface area contributed by atoms with Crippen molar-refractivity contribution in [2.45, 2.75) is 33.1 Å². The highest BCUT2D eigenvalue weighted by atomic mass is 79.9. The maximum atomic E-state index is 12.2. The Morgan fingerprint density at radius 1 is 1.47 bits per heavy atom. The van der Waals surface area contributed by atoms with E-state index in [0.29, 0.717) is 5.41 Å². The molecule has 1 aromatic rings. The zero-order valence-electron chi connectivity index (χ0n) is 10.3. The Morgan fingerprint density at radius 2 is 2.12 bits per heavy atom. The Bertz CT molecular complexity index is 407. The maximum Gasteiger partial charge on any atom is 0.263 e. The van der Waals surface area contributed by atoms with E-state index in [4.69, 9.17) is 0 Å². The van der Waals surface area contributed by atoms with Crippen molar-refractivity contribution >= 4 is 33.2 Å². The highest BCUT2D eigenvalue weighted by molar-refractivity contribution is 9.11. The van der Waals surface area contributed by atoms with Crippen molar-refractivity contribution in [3.63, 3.8) is 0 Å². The highest BCUT2D eigenvalue weighted by Crippen LogP contribution is 2.34. The van der Waals surface area contributed by atoms with Gasteiger partial charge in [-0.3, -0.25) is 4.79 Å². The number of hydrogen-bond acceptors (Lipinski definition) is 2. The first-order valence-corrected chi connectivity index (χ1v) is 7.70. The molecular weight excluding hydrogens is 298 g/mol. The molecule has 1 aliphatic rings. The van der Waals surface area contributed by atoms with Crippen molar-refractivity contribution in [1.29, 1.82) is 0 Å². The molecule has 0 radical (unpaired) electrons. The van der Waals surface area contributed by atoms with Crippen molar-refractivity contribution in [3.8, 4) is 0 Å². The first-order chi connectivity index (χ1) is 8.04. The van der Waals surface area contributed by atoms with Crippen LogP contribution >= 0.6 is 27.3 Å². The van der Waals surface area contributed by atoms with Crippen LogP contribution in [0.15, 0.2) is 15.9 Å². The van der Waals surface area contributed by atoms with Crippen LogP contribution in [0.1, 0.15) is 42.8 Å². The van der Waals surface area contributed by atoms with Crippen LogP contribution in [0.2, 0.25) is 0 Å². The van der Waals surface area contributed by atoms with E-state index in [2.05, 4.69) is 29.8 Å². The van der Waals surface area contributed by atoms with Gasteiger partial charge in [0, 0.05) is 13.1 Å². The van der Waals surface area contributed by atoms with Crippen molar-refractivity contribution in [2.24, 2.45) is 5.41 Å². The number of carbonyl (C=O) groups excluding carboxylic acids is 1. The predicted molar refractivity (Wildman–Crippen MR) is 75.6 cm³/mol. The van der Waals surface area contributed by atoms with Crippen LogP contribution in [-0.2, 0) is 0 Å². The second-order valence-corrected chi connectivity index (χ2v) is 7.52. The largest absolute Gasteiger partial charge is 0.338 e. The average Bonchev–Trinajstić information content (AvgIpc) is 2.76. The summed E-state index contributed by atoms with van der Waals surface area (Å²) >= 11 is 4.92. The van der Waals surface area contributed by atoms with Gasteiger partial charge < -0.3 is 4.90 Å². The van der Waals surface area contributed by atoms with Crippen LogP contribution in [0, 0.1) is 5.41 Å². The lowest BCUT2D eigenvalue weighted by atomic mass is 9.78. The van der Waals surface area contributed by atoms with E-state index in [9.17, 15) is 4.79 Å². The third kappa shape index (κ3) is 2.91. The van der Waals surface area contributed by atoms with Gasteiger partial charge in [0.25, 0.3) is 5.91 Å². The van der Waals surface area contributed by atoms with Crippen LogP contribution in [0.5, 0.6) is 0 Å². The Balaban J connectivity index is 1.99. The lowest BCUT2D eigenvalue weighted by molar-refractivity contribution is 0.0605. The molecule has 0 unspecified atom stereocenters. The lowest BCUT2D eigenvalue weighted by Gasteiger charge is -2.38. The quantitative estimate of drug-likeness (QED) is 0.802. The van der Waals surface area contributed by atoms with Crippen LogP contribution < -0.4 is 0 Å². The minimum Gasteiger partial charge on any atom is -0.338 e. The number of halogens is 1. The molecule has 1 amide bonds. The molecule has 1 aromatic heterocycles. The average molecular weight is 316 g/mol. The second kappa shape index (κ2) is 5.11. The molecule has 0 saturated carbocycles. The standard InChI is InChI=1S/C13H18BrNOS/c1-3-13(2)6-8-15(9-7-13)12(16)10-4-5-11(14)17-10/h4-5H,3,6-9H2,1-2H3. The van der Waals surface area contributed by atoms with Crippen LogP contribution in [-0.4, -0.2) is 23.9 Å². The van der Waals surface area contributed by atoms with Gasteiger partial charge in [0.2, 0.25) is 0 Å². The van der Waals surface area contributed by atoms with E-state index in [1.54, 1.807) is 0 Å². The van der Waals surface area contributed by atoms with Crippen molar-refractivity contribution in [3.05, 3.63) is 20.8 Å². The Labute approximate surface area is 115 Å². The van der Waals surface area contributed by atoms with Crippen molar-refractivity contribution < 1.29 is 4.79 Å². The van der Waals surface area contributed by atoms with Gasteiger partial charge in [-0.25, -0.2) is 0 Å². The number of piperidine rings is 1. The van der Waals surface area contributed by atoms with Gasteiger partial charge in [-0.15, -0.1) is 11.3 Å². The molecule has 2 heterocycles. The topological polar surface area (TPSA) is 20.3 Å². The van der Waals surface area contributed by atoms with E-state index in [1.165, 1.54) is 17.8 Å². The van der Waals surface area contributed by atoms with Gasteiger partial charge in [-0.1, -0.05) is 20.3 Å². The molecule has 2 nitrogen and oxygen atoms in total. The van der Waals surface area contributed by atoms with Gasteiger partial charge in [0.15, 0.2) is 0 Å². The fourth-order valence-electron chi connectivity index (χ4n) is 2.19. The van der Waals surface area contributed by atoms with Gasteiger partial charge in [-0.2, -0.15) is 0 Å². The third-order valence-corrected chi connectivity index (χ3v) is 5.51. The van der Waals surface area contributed by atoms with Crippen LogP contribution in [0.3, 0.4) is 0 Å². The molecule has 94 valence electrons. The summed E-state index contributed by atoms with van der Waals surface area (Å²) in [5, 5.41) is 0. The molecular formula is C13H18BrNOS. The molecule has 1 fully saturated rings. The normalized spacial score (nSPS) is 19.4. The number of likely N-dealkylation sites (tertiary alicyclic amines) is 1. The zero-order chi connectivity index (χ0) is 12.5. The molecule has 0 bridgehead atoms. The fraction of sp³-hybridized carbons (Fsp3) is 0.615. The molecule has 2 rings (SSSR count). The fourth-order valence-corrected chi connectivity index (χ4v) is 3.54. The Hall–Kier alpha value is -0.350. The lowest BCUT2D eigenvalue weighted by Crippen LogP contribution is -2.41. The number of rotatable bonds is 2. The summed E-state index contributed by atoms with van der Waals surface area (Å²) in [6, 6.07) is 3.85. The van der Waals surface area contributed by atoms with E-state index < -0.39 is 0 Å². The SMILES string of the molecule is CCC1(C)CCN(C(=O)c2ccc(Br)s2)CC1. The monoisotopic (exact) mass is 315 g/mol.